The van der Waals surface area contributed by atoms with E-state index in [0.717, 1.165) is 4.90 Å². The van der Waals surface area contributed by atoms with Crippen molar-refractivity contribution < 1.29 is 23.1 Å². The fourth-order valence-electron chi connectivity index (χ4n) is 1.95. The molecule has 0 aromatic heterocycles. The number of hydrogen-bond acceptors (Lipinski definition) is 3. The molecule has 0 aliphatic carbocycles. The monoisotopic (exact) mass is 379 g/mol. The van der Waals surface area contributed by atoms with E-state index in [9.17, 15) is 18.0 Å². The number of carbonyl (C=O) groups excluding carboxylic acids is 1. The van der Waals surface area contributed by atoms with Gasteiger partial charge in [0.05, 0.1) is 5.02 Å². The Hall–Kier alpha value is -2.16. The van der Waals surface area contributed by atoms with Crippen LogP contribution in [0.3, 0.4) is 0 Å². The maximum absolute atomic E-state index is 13.7. The van der Waals surface area contributed by atoms with Crippen LogP contribution in [-0.2, 0) is 6.54 Å². The number of nitrogens with one attached hydrogen (secondary N) is 1. The maximum Gasteiger partial charge on any atom is 0.317 e. The smallest absolute Gasteiger partial charge is 0.317 e. The van der Waals surface area contributed by atoms with Crippen molar-refractivity contribution in [1.82, 2.24) is 10.2 Å². The average molecular weight is 380 g/mol. The van der Waals surface area contributed by atoms with Gasteiger partial charge in [-0.15, -0.1) is 0 Å². The molecule has 138 valence electrons. The topological polar surface area (TPSA) is 101 Å². The molecule has 0 aliphatic rings. The highest BCUT2D eigenvalue weighted by atomic mass is 35.5. The molecule has 1 aromatic carbocycles. The van der Waals surface area contributed by atoms with Crippen LogP contribution in [0.1, 0.15) is 18.9 Å². The summed E-state index contributed by atoms with van der Waals surface area (Å²) in [5, 5.41) is 14.0. The van der Waals surface area contributed by atoms with E-state index in [-0.39, 0.29) is 11.6 Å². The minimum absolute atomic E-state index is 0.0930. The number of aliphatic hydroxyl groups excluding tert-OH is 1. The molecule has 7 nitrogen and oxygen atoms in total. The number of alkyl halides is 2. The first-order valence-electron chi connectivity index (χ1n) is 7.13. The van der Waals surface area contributed by atoms with Crippen LogP contribution in [-0.4, -0.2) is 41.3 Å². The number of aliphatic hydroxyl groups is 1. The highest BCUT2D eigenvalue weighted by Crippen LogP contribution is 2.27. The fourth-order valence-corrected chi connectivity index (χ4v) is 2.14. The number of benzene rings is 1. The van der Waals surface area contributed by atoms with E-state index in [1.54, 1.807) is 0 Å². The van der Waals surface area contributed by atoms with Gasteiger partial charge >= 0.3 is 6.03 Å². The number of halogens is 4. The van der Waals surface area contributed by atoms with Crippen LogP contribution in [0.15, 0.2) is 23.3 Å². The van der Waals surface area contributed by atoms with Crippen molar-refractivity contribution in [3.8, 4) is 0 Å². The average Bonchev–Trinajstić information content (AvgIpc) is 2.55. The minimum atomic E-state index is -3.70. The molecular weight excluding hydrogens is 363 g/mol. The van der Waals surface area contributed by atoms with Crippen LogP contribution in [0.2, 0.25) is 5.02 Å². The third-order valence-electron chi connectivity index (χ3n) is 3.55. The highest BCUT2D eigenvalue weighted by molar-refractivity contribution is 6.31. The summed E-state index contributed by atoms with van der Waals surface area (Å²) in [7, 11) is 1.28. The summed E-state index contributed by atoms with van der Waals surface area (Å²) in [6.07, 6.45) is -3.44. The Balaban J connectivity index is 2.66. The number of amides is 2. The number of nitrogens with zero attached hydrogens (tertiary/aromatic N) is 4. The molecule has 11 heteroatoms. The molecule has 2 amide bonds. The zero-order valence-corrected chi connectivity index (χ0v) is 14.2. The third kappa shape index (κ3) is 5.70. The zero-order valence-electron chi connectivity index (χ0n) is 13.5. The molecular formula is C14H17ClF3N5O2. The van der Waals surface area contributed by atoms with Gasteiger partial charge in [-0.2, -0.15) is 0 Å². The van der Waals surface area contributed by atoms with E-state index >= 15 is 0 Å². The molecule has 0 spiro atoms. The van der Waals surface area contributed by atoms with Gasteiger partial charge in [0.1, 0.15) is 5.82 Å². The number of urea groups is 1. The lowest BCUT2D eigenvalue weighted by atomic mass is 10.1. The van der Waals surface area contributed by atoms with Crippen LogP contribution >= 0.6 is 11.6 Å². The molecule has 0 bridgehead atoms. The Morgan fingerprint density at radius 1 is 1.56 bits per heavy atom. The summed E-state index contributed by atoms with van der Waals surface area (Å²) < 4.78 is 40.7. The number of carbonyl (C=O) groups is 1. The predicted molar refractivity (Wildman–Crippen MR) is 85.6 cm³/mol. The van der Waals surface area contributed by atoms with E-state index < -0.39 is 36.5 Å². The standard InChI is InChI=1S/C14H17ClF3N5O2/c1-8(6-14(17,18)12(24)21-22-19)23(2)13(25)20-7-9-4-3-5-10(16)11(9)15/h3-5,8,12,24H,6-7H2,1-2H3,(H,20,25). The van der Waals surface area contributed by atoms with Crippen molar-refractivity contribution in [3.63, 3.8) is 0 Å². The first-order chi connectivity index (χ1) is 11.6. The molecule has 2 unspecified atom stereocenters. The number of azide groups is 1. The molecule has 1 aromatic rings. The van der Waals surface area contributed by atoms with Gasteiger partial charge in [0, 0.05) is 31.0 Å². The van der Waals surface area contributed by atoms with Crippen molar-refractivity contribution >= 4 is 17.6 Å². The Labute approximate surface area is 147 Å². The lowest BCUT2D eigenvalue weighted by Gasteiger charge is -2.29. The zero-order chi connectivity index (χ0) is 19.2. The number of rotatable bonds is 7. The molecule has 1 rings (SSSR count). The summed E-state index contributed by atoms with van der Waals surface area (Å²) in [5.41, 5.74) is 8.44. The van der Waals surface area contributed by atoms with Gasteiger partial charge in [0.15, 0.2) is 6.23 Å². The second-order valence-corrected chi connectivity index (χ2v) is 5.75. The quantitative estimate of drug-likeness (QED) is 0.429. The van der Waals surface area contributed by atoms with Crippen LogP contribution in [0, 0.1) is 5.82 Å². The van der Waals surface area contributed by atoms with E-state index in [1.165, 1.54) is 32.2 Å². The fraction of sp³-hybridized carbons (Fsp3) is 0.500. The van der Waals surface area contributed by atoms with E-state index in [0.29, 0.717) is 5.56 Å². The molecule has 0 fully saturated rings. The Kier molecular flexibility index (Phi) is 7.35. The molecule has 2 N–H and O–H groups in total. The molecule has 0 saturated heterocycles. The highest BCUT2D eigenvalue weighted by Gasteiger charge is 2.40. The summed E-state index contributed by atoms with van der Waals surface area (Å²) in [6, 6.07) is 2.42. The van der Waals surface area contributed by atoms with Gasteiger partial charge in [-0.3, -0.25) is 0 Å². The van der Waals surface area contributed by atoms with Gasteiger partial charge in [0.2, 0.25) is 0 Å². The number of hydrogen-bond donors (Lipinski definition) is 2. The van der Waals surface area contributed by atoms with Gasteiger partial charge < -0.3 is 15.3 Å². The Bertz CT molecular complexity index is 670. The summed E-state index contributed by atoms with van der Waals surface area (Å²) in [6.45, 7) is 1.25. The van der Waals surface area contributed by atoms with E-state index in [4.69, 9.17) is 22.2 Å². The van der Waals surface area contributed by atoms with Gasteiger partial charge in [-0.1, -0.05) is 28.8 Å². The van der Waals surface area contributed by atoms with Crippen molar-refractivity contribution in [3.05, 3.63) is 45.0 Å². The largest absolute Gasteiger partial charge is 0.382 e. The van der Waals surface area contributed by atoms with Crippen molar-refractivity contribution in [2.24, 2.45) is 5.11 Å². The SMILES string of the molecule is CC(CC(F)(F)C(O)N=[N+]=[N-])N(C)C(=O)NCc1cccc(F)c1Cl. The Morgan fingerprint density at radius 2 is 2.20 bits per heavy atom. The lowest BCUT2D eigenvalue weighted by Crippen LogP contribution is -2.46. The van der Waals surface area contributed by atoms with Crippen LogP contribution in [0.4, 0.5) is 18.0 Å². The van der Waals surface area contributed by atoms with Crippen molar-refractivity contribution in [2.45, 2.75) is 38.1 Å². The molecule has 0 saturated carbocycles. The van der Waals surface area contributed by atoms with E-state index in [2.05, 4.69) is 15.3 Å². The van der Waals surface area contributed by atoms with Crippen molar-refractivity contribution in [1.29, 1.82) is 0 Å². The van der Waals surface area contributed by atoms with Crippen LogP contribution in [0.25, 0.3) is 10.4 Å². The third-order valence-corrected chi connectivity index (χ3v) is 3.97. The maximum atomic E-state index is 13.7. The first kappa shape index (κ1) is 20.9. The van der Waals surface area contributed by atoms with Gasteiger partial charge in [-0.05, 0) is 24.1 Å². The summed E-state index contributed by atoms with van der Waals surface area (Å²) in [5.74, 6) is -4.34. The summed E-state index contributed by atoms with van der Waals surface area (Å²) in [4.78, 5) is 15.1. The lowest BCUT2D eigenvalue weighted by molar-refractivity contribution is -0.118. The predicted octanol–water partition coefficient (Wildman–Crippen LogP) is 3.66. The van der Waals surface area contributed by atoms with Crippen LogP contribution < -0.4 is 5.32 Å². The molecule has 2 atom stereocenters. The molecule has 0 radical (unpaired) electrons. The summed E-state index contributed by atoms with van der Waals surface area (Å²) >= 11 is 5.76. The van der Waals surface area contributed by atoms with Crippen LogP contribution in [0.5, 0.6) is 0 Å². The van der Waals surface area contributed by atoms with Gasteiger partial charge in [0.25, 0.3) is 5.92 Å². The molecule has 0 heterocycles. The normalized spacial score (nSPS) is 13.6. The van der Waals surface area contributed by atoms with Gasteiger partial charge in [-0.25, -0.2) is 18.0 Å². The Morgan fingerprint density at radius 3 is 2.80 bits per heavy atom. The molecule has 0 aliphatic heterocycles. The van der Waals surface area contributed by atoms with E-state index in [1.807, 2.05) is 0 Å². The van der Waals surface area contributed by atoms with Crippen molar-refractivity contribution in [2.75, 3.05) is 7.05 Å². The second kappa shape index (κ2) is 8.80. The molecule has 25 heavy (non-hydrogen) atoms. The first-order valence-corrected chi connectivity index (χ1v) is 7.51. The second-order valence-electron chi connectivity index (χ2n) is 5.38. The minimum Gasteiger partial charge on any atom is -0.382 e.